The highest BCUT2D eigenvalue weighted by Crippen LogP contribution is 2.33. The summed E-state index contributed by atoms with van der Waals surface area (Å²) < 4.78 is 68.3. The lowest BCUT2D eigenvalue weighted by Crippen LogP contribution is -2.59. The number of ether oxygens (including phenoxy) is 1. The Bertz CT molecular complexity index is 1080. The molecule has 9 nitrogen and oxygen atoms in total. The first-order chi connectivity index (χ1) is 15.4. The maximum atomic E-state index is 13.2. The molecule has 2 aromatic rings. The van der Waals surface area contributed by atoms with Crippen molar-refractivity contribution in [2.24, 2.45) is 5.92 Å². The number of carbonyl (C=O) groups is 1. The number of halogens is 3. The first-order valence-corrected chi connectivity index (χ1v) is 11.8. The number of amides is 1. The molecular formula is C20H23F3N4O5S. The second-order valence-corrected chi connectivity index (χ2v) is 9.76. The monoisotopic (exact) mass is 488 g/mol. The number of alkyl halides is 3. The lowest BCUT2D eigenvalue weighted by molar-refractivity contribution is -0.184. The Balaban J connectivity index is 1.65. The van der Waals surface area contributed by atoms with E-state index >= 15 is 0 Å². The van der Waals surface area contributed by atoms with Gasteiger partial charge in [-0.3, -0.25) is 0 Å². The highest BCUT2D eigenvalue weighted by molar-refractivity contribution is 7.90. The number of piperazine rings is 1. The summed E-state index contributed by atoms with van der Waals surface area (Å²) in [5.41, 5.74) is 0.722. The van der Waals surface area contributed by atoms with Crippen LogP contribution in [0.5, 0.6) is 5.75 Å². The maximum Gasteiger partial charge on any atom is 0.407 e. The lowest BCUT2D eigenvalue weighted by Gasteiger charge is -2.42. The number of anilines is 1. The Kier molecular flexibility index (Phi) is 7.00. The van der Waals surface area contributed by atoms with Gasteiger partial charge < -0.3 is 19.6 Å². The summed E-state index contributed by atoms with van der Waals surface area (Å²) in [6, 6.07) is 4.90. The maximum absolute atomic E-state index is 13.2. The average Bonchev–Trinajstić information content (AvgIpc) is 2.76. The van der Waals surface area contributed by atoms with Crippen molar-refractivity contribution in [2.75, 3.05) is 30.8 Å². The molecule has 1 saturated heterocycles. The number of nitrogens with zero attached hydrogens (tertiary/aromatic N) is 4. The predicted molar refractivity (Wildman–Crippen MR) is 112 cm³/mol. The summed E-state index contributed by atoms with van der Waals surface area (Å²) in [6.07, 6.45) is -2.08. The van der Waals surface area contributed by atoms with Gasteiger partial charge in [-0.05, 0) is 17.7 Å². The van der Waals surface area contributed by atoms with Gasteiger partial charge in [-0.1, -0.05) is 19.1 Å². The van der Waals surface area contributed by atoms with Crippen molar-refractivity contribution in [3.63, 3.8) is 0 Å². The van der Waals surface area contributed by atoms with Crippen LogP contribution in [0.25, 0.3) is 0 Å². The van der Waals surface area contributed by atoms with E-state index in [9.17, 15) is 31.5 Å². The molecule has 0 bridgehead atoms. The highest BCUT2D eigenvalue weighted by Gasteiger charge is 2.47. The zero-order chi connectivity index (χ0) is 24.4. The lowest BCUT2D eigenvalue weighted by atomic mass is 9.97. The molecule has 1 aromatic carbocycles. The van der Waals surface area contributed by atoms with Crippen LogP contribution in [-0.2, 0) is 16.4 Å². The summed E-state index contributed by atoms with van der Waals surface area (Å²) in [5, 5.41) is 9.29. The minimum absolute atomic E-state index is 0.106. The van der Waals surface area contributed by atoms with Crippen LogP contribution in [0.4, 0.5) is 23.9 Å². The fourth-order valence-electron chi connectivity index (χ4n) is 3.42. The molecule has 2 heterocycles. The summed E-state index contributed by atoms with van der Waals surface area (Å²) >= 11 is 0. The molecule has 180 valence electrons. The van der Waals surface area contributed by atoms with E-state index in [1.807, 2.05) is 0 Å². The Morgan fingerprint density at radius 2 is 1.82 bits per heavy atom. The number of hydrogen-bond donors (Lipinski definition) is 1. The Labute approximate surface area is 188 Å². The Morgan fingerprint density at radius 3 is 2.33 bits per heavy atom. The van der Waals surface area contributed by atoms with Crippen LogP contribution >= 0.6 is 0 Å². The minimum Gasteiger partial charge on any atom is -0.486 e. The van der Waals surface area contributed by atoms with Gasteiger partial charge in [0.05, 0.1) is 29.2 Å². The van der Waals surface area contributed by atoms with Crippen LogP contribution in [0.15, 0.2) is 41.6 Å². The van der Waals surface area contributed by atoms with E-state index in [1.165, 1.54) is 29.4 Å². The van der Waals surface area contributed by atoms with Gasteiger partial charge in [-0.2, -0.15) is 13.2 Å². The van der Waals surface area contributed by atoms with E-state index < -0.39 is 34.1 Å². The second-order valence-electron chi connectivity index (χ2n) is 7.74. The molecule has 1 aromatic heterocycles. The van der Waals surface area contributed by atoms with Gasteiger partial charge in [0.1, 0.15) is 6.61 Å². The van der Waals surface area contributed by atoms with Crippen LogP contribution in [-0.4, -0.2) is 72.6 Å². The summed E-state index contributed by atoms with van der Waals surface area (Å²) in [6.45, 7) is 0.950. The van der Waals surface area contributed by atoms with E-state index in [1.54, 1.807) is 12.1 Å². The molecule has 1 amide bonds. The second kappa shape index (κ2) is 9.41. The van der Waals surface area contributed by atoms with Crippen molar-refractivity contribution in [1.29, 1.82) is 0 Å². The van der Waals surface area contributed by atoms with Crippen LogP contribution < -0.4 is 9.64 Å². The number of carboxylic acid groups (broad SMARTS) is 1. The molecule has 3 rings (SSSR count). The molecule has 1 N–H and O–H groups in total. The van der Waals surface area contributed by atoms with Gasteiger partial charge in [-0.25, -0.2) is 23.2 Å². The quantitative estimate of drug-likeness (QED) is 0.661. The molecule has 1 aliphatic heterocycles. The molecule has 1 aliphatic rings. The molecule has 13 heteroatoms. The van der Waals surface area contributed by atoms with Gasteiger partial charge in [0.25, 0.3) is 0 Å². The summed E-state index contributed by atoms with van der Waals surface area (Å²) in [5.74, 6) is -1.37. The van der Waals surface area contributed by atoms with Crippen LogP contribution in [0.1, 0.15) is 12.5 Å². The smallest absolute Gasteiger partial charge is 0.407 e. The van der Waals surface area contributed by atoms with Crippen molar-refractivity contribution < 1.29 is 36.2 Å². The predicted octanol–water partition coefficient (Wildman–Crippen LogP) is 2.83. The van der Waals surface area contributed by atoms with Gasteiger partial charge in [-0.15, -0.1) is 0 Å². The molecule has 2 unspecified atom stereocenters. The zero-order valence-electron chi connectivity index (χ0n) is 17.9. The third-order valence-corrected chi connectivity index (χ3v) is 6.54. The van der Waals surface area contributed by atoms with Crippen molar-refractivity contribution in [1.82, 2.24) is 14.9 Å². The highest BCUT2D eigenvalue weighted by atomic mass is 32.2. The number of hydrogen-bond acceptors (Lipinski definition) is 7. The minimum atomic E-state index is -4.54. The van der Waals surface area contributed by atoms with Gasteiger partial charge in [0.15, 0.2) is 15.6 Å². The fourth-order valence-corrected chi connectivity index (χ4v) is 4.05. The van der Waals surface area contributed by atoms with E-state index in [-0.39, 0.29) is 37.1 Å². The van der Waals surface area contributed by atoms with Gasteiger partial charge in [0, 0.05) is 25.9 Å². The van der Waals surface area contributed by atoms with Crippen LogP contribution in [0.2, 0.25) is 0 Å². The molecule has 0 spiro atoms. The van der Waals surface area contributed by atoms with Crippen molar-refractivity contribution in [3.05, 3.63) is 42.2 Å². The summed E-state index contributed by atoms with van der Waals surface area (Å²) in [7, 11) is -3.29. The number of sulfone groups is 1. The van der Waals surface area contributed by atoms with Crippen molar-refractivity contribution >= 4 is 21.9 Å². The van der Waals surface area contributed by atoms with Crippen molar-refractivity contribution in [2.45, 2.75) is 30.6 Å². The molecule has 0 radical (unpaired) electrons. The third kappa shape index (κ3) is 6.03. The molecule has 0 saturated carbocycles. The van der Waals surface area contributed by atoms with E-state index in [2.05, 4.69) is 9.97 Å². The van der Waals surface area contributed by atoms with E-state index in [0.29, 0.717) is 5.75 Å². The largest absolute Gasteiger partial charge is 0.486 e. The molecule has 2 atom stereocenters. The van der Waals surface area contributed by atoms with E-state index in [4.69, 9.17) is 4.74 Å². The van der Waals surface area contributed by atoms with E-state index in [0.717, 1.165) is 23.6 Å². The van der Waals surface area contributed by atoms with Crippen LogP contribution in [0, 0.1) is 5.92 Å². The van der Waals surface area contributed by atoms with Crippen molar-refractivity contribution in [3.8, 4) is 5.75 Å². The standard InChI is InChI=1S/C20H23F3N4O5S/c1-13(20(21,22)23)17-11-26(7-8-27(17)19(28)29)18-24-9-15(10-25-18)32-12-14-3-5-16(6-4-14)33(2,30)31/h3-6,9-10,13,17H,7-8,11-12H2,1-2H3,(H,28,29). The average molecular weight is 488 g/mol. The fraction of sp³-hybridized carbons (Fsp3) is 0.450. The number of rotatable bonds is 6. The first kappa shape index (κ1) is 24.6. The zero-order valence-corrected chi connectivity index (χ0v) is 18.7. The Morgan fingerprint density at radius 1 is 1.21 bits per heavy atom. The number of aromatic nitrogens is 2. The van der Waals surface area contributed by atoms with Crippen LogP contribution in [0.3, 0.4) is 0 Å². The molecular weight excluding hydrogens is 465 g/mol. The summed E-state index contributed by atoms with van der Waals surface area (Å²) in [4.78, 5) is 22.2. The van der Waals surface area contributed by atoms with Gasteiger partial charge >= 0.3 is 12.3 Å². The first-order valence-electron chi connectivity index (χ1n) is 9.91. The number of benzene rings is 1. The molecule has 1 fully saturated rings. The van der Waals surface area contributed by atoms with Gasteiger partial charge in [0.2, 0.25) is 5.95 Å². The Hall–Kier alpha value is -3.09. The molecule has 33 heavy (non-hydrogen) atoms. The normalized spacial score (nSPS) is 18.2. The SMILES string of the molecule is CC(C1CN(c2ncc(OCc3ccc(S(C)(=O)=O)cc3)cn2)CCN1C(=O)O)C(F)(F)F. The third-order valence-electron chi connectivity index (χ3n) is 5.41. The molecule has 0 aliphatic carbocycles. The topological polar surface area (TPSA) is 113 Å².